The van der Waals surface area contributed by atoms with E-state index in [9.17, 15) is 36.2 Å². The summed E-state index contributed by atoms with van der Waals surface area (Å²) in [6.45, 7) is 2.03. The molecule has 1 atom stereocenters. The van der Waals surface area contributed by atoms with Crippen LogP contribution in [-0.4, -0.2) is 38.5 Å². The molecule has 1 amide bonds. The Morgan fingerprint density at radius 3 is 2.55 bits per heavy atom. The lowest BCUT2D eigenvalue weighted by Crippen LogP contribution is -2.44. The Balaban J connectivity index is 1.74. The highest BCUT2D eigenvalue weighted by atomic mass is 32.1. The molecule has 0 saturated heterocycles. The molecule has 178 valence electrons. The van der Waals surface area contributed by atoms with E-state index in [-0.39, 0.29) is 33.6 Å². The normalized spacial score (nSPS) is 14.1. The van der Waals surface area contributed by atoms with Crippen LogP contribution in [0.2, 0.25) is 0 Å². The highest BCUT2D eigenvalue weighted by Crippen LogP contribution is 2.33. The molecule has 14 heteroatoms. The molecular formula is C19H15F6N3O4S. The molecule has 7 nitrogen and oxygen atoms in total. The first-order valence-electron chi connectivity index (χ1n) is 9.04. The zero-order valence-electron chi connectivity index (χ0n) is 16.8. The number of benzene rings is 1. The number of hydrogen-bond donors (Lipinski definition) is 2. The van der Waals surface area contributed by atoms with Gasteiger partial charge in [-0.1, -0.05) is 12.1 Å². The van der Waals surface area contributed by atoms with Gasteiger partial charge in [0.2, 0.25) is 5.13 Å². The largest absolute Gasteiger partial charge is 0.573 e. The van der Waals surface area contributed by atoms with Gasteiger partial charge in [0, 0.05) is 23.5 Å². The van der Waals surface area contributed by atoms with Gasteiger partial charge in [0.25, 0.3) is 5.91 Å². The van der Waals surface area contributed by atoms with Crippen molar-refractivity contribution in [3.63, 3.8) is 0 Å². The molecule has 0 aliphatic carbocycles. The number of hydrogen-bond acceptors (Lipinski definition) is 7. The molecule has 1 unspecified atom stereocenters. The first-order chi connectivity index (χ1) is 15.1. The van der Waals surface area contributed by atoms with Gasteiger partial charge in [0.05, 0.1) is 5.56 Å². The van der Waals surface area contributed by atoms with Crippen molar-refractivity contribution >= 4 is 22.6 Å². The minimum atomic E-state index is -4.89. The number of furan rings is 1. The van der Waals surface area contributed by atoms with Crippen molar-refractivity contribution in [3.8, 4) is 17.1 Å². The zero-order chi connectivity index (χ0) is 24.6. The molecule has 0 fully saturated rings. The summed E-state index contributed by atoms with van der Waals surface area (Å²) in [4.78, 5) is 16.3. The maximum absolute atomic E-state index is 12.8. The van der Waals surface area contributed by atoms with Crippen molar-refractivity contribution in [1.82, 2.24) is 9.36 Å². The fraction of sp³-hybridized carbons (Fsp3) is 0.316. The van der Waals surface area contributed by atoms with Crippen LogP contribution in [0.5, 0.6) is 5.75 Å². The van der Waals surface area contributed by atoms with E-state index in [1.807, 2.05) is 0 Å². The van der Waals surface area contributed by atoms with Gasteiger partial charge in [-0.3, -0.25) is 10.1 Å². The monoisotopic (exact) mass is 495 g/mol. The number of aromatic nitrogens is 2. The van der Waals surface area contributed by atoms with Crippen LogP contribution in [0.4, 0.5) is 31.5 Å². The van der Waals surface area contributed by atoms with Crippen LogP contribution in [0, 0.1) is 6.92 Å². The molecule has 2 heterocycles. The summed E-state index contributed by atoms with van der Waals surface area (Å²) in [5, 5.41) is 11.8. The molecule has 0 spiro atoms. The second-order valence-corrected chi connectivity index (χ2v) is 7.83. The number of carbonyl (C=O) groups excluding carboxylic acids is 1. The van der Waals surface area contributed by atoms with Gasteiger partial charge in [-0.15, -0.1) is 13.2 Å². The highest BCUT2D eigenvalue weighted by molar-refractivity contribution is 7.09. The number of nitrogens with zero attached hydrogens (tertiary/aromatic N) is 2. The van der Waals surface area contributed by atoms with E-state index in [1.54, 1.807) is 0 Å². The molecule has 1 aromatic carbocycles. The van der Waals surface area contributed by atoms with Crippen LogP contribution in [0.15, 0.2) is 34.7 Å². The summed E-state index contributed by atoms with van der Waals surface area (Å²) < 4.78 is 88.7. The number of aliphatic hydroxyl groups is 1. The standard InChI is InChI=1S/C19H15F6N3O4S/c1-9-12(7-13(31-9)10-4-3-5-11(6-10)32-19(23,24)25)15(29)27-16-26-14(28-33-16)8-17(2,30)18(20,21)22/h3-7,30H,8H2,1-2H3,(H,26,27,28,29). The summed E-state index contributed by atoms with van der Waals surface area (Å²) in [5.74, 6) is -1.30. The molecule has 0 aliphatic heterocycles. The van der Waals surface area contributed by atoms with E-state index in [1.165, 1.54) is 25.1 Å². The lowest BCUT2D eigenvalue weighted by atomic mass is 10.0. The maximum Gasteiger partial charge on any atom is 0.573 e. The molecule has 0 saturated carbocycles. The van der Waals surface area contributed by atoms with Crippen LogP contribution in [0.3, 0.4) is 0 Å². The summed E-state index contributed by atoms with van der Waals surface area (Å²) >= 11 is 0.615. The predicted octanol–water partition coefficient (Wildman–Crippen LogP) is 5.11. The van der Waals surface area contributed by atoms with Crippen molar-refractivity contribution in [3.05, 3.63) is 47.5 Å². The van der Waals surface area contributed by atoms with Gasteiger partial charge >= 0.3 is 12.5 Å². The third kappa shape index (κ3) is 6.01. The second-order valence-electron chi connectivity index (χ2n) is 7.07. The van der Waals surface area contributed by atoms with Crippen LogP contribution in [-0.2, 0) is 6.42 Å². The summed E-state index contributed by atoms with van der Waals surface area (Å²) in [5.41, 5.74) is -2.81. The average Bonchev–Trinajstić information content (AvgIpc) is 3.25. The van der Waals surface area contributed by atoms with E-state index >= 15 is 0 Å². The van der Waals surface area contributed by atoms with Gasteiger partial charge < -0.3 is 14.3 Å². The molecule has 2 N–H and O–H groups in total. The molecule has 3 aromatic rings. The van der Waals surface area contributed by atoms with E-state index < -0.39 is 36.2 Å². The number of aryl methyl sites for hydroxylation is 1. The Hall–Kier alpha value is -3.13. The molecular weight excluding hydrogens is 480 g/mol. The third-order valence-electron chi connectivity index (χ3n) is 4.32. The number of anilines is 1. The predicted molar refractivity (Wildman–Crippen MR) is 104 cm³/mol. The Kier molecular flexibility index (Phi) is 6.44. The number of amides is 1. The average molecular weight is 495 g/mol. The molecule has 2 aromatic heterocycles. The third-order valence-corrected chi connectivity index (χ3v) is 4.98. The second kappa shape index (κ2) is 8.67. The summed E-state index contributed by atoms with van der Waals surface area (Å²) in [6.07, 6.45) is -10.7. The Labute approximate surface area is 186 Å². The minimum Gasteiger partial charge on any atom is -0.461 e. The SMILES string of the molecule is Cc1oc(-c2cccc(OC(F)(F)F)c2)cc1C(=O)Nc1nc(CC(C)(O)C(F)(F)F)ns1. The molecule has 0 bridgehead atoms. The van der Waals surface area contributed by atoms with Crippen molar-refractivity contribution < 1.29 is 45.4 Å². The van der Waals surface area contributed by atoms with Crippen LogP contribution in [0.1, 0.15) is 28.9 Å². The number of alkyl halides is 6. The van der Waals surface area contributed by atoms with Crippen molar-refractivity contribution in [2.24, 2.45) is 0 Å². The van der Waals surface area contributed by atoms with E-state index in [0.29, 0.717) is 18.5 Å². The number of rotatable bonds is 6. The van der Waals surface area contributed by atoms with Gasteiger partial charge in [-0.25, -0.2) is 4.98 Å². The van der Waals surface area contributed by atoms with Gasteiger partial charge in [0.15, 0.2) is 5.60 Å². The lowest BCUT2D eigenvalue weighted by Gasteiger charge is -2.24. The Bertz CT molecular complexity index is 1150. The fourth-order valence-corrected chi connectivity index (χ4v) is 3.23. The van der Waals surface area contributed by atoms with Gasteiger partial charge in [-0.05, 0) is 32.0 Å². The topological polar surface area (TPSA) is 97.5 Å². The van der Waals surface area contributed by atoms with E-state index in [0.717, 1.165) is 12.1 Å². The van der Waals surface area contributed by atoms with Crippen molar-refractivity contribution in [1.29, 1.82) is 0 Å². The van der Waals surface area contributed by atoms with E-state index in [4.69, 9.17) is 4.42 Å². The zero-order valence-corrected chi connectivity index (χ0v) is 17.7. The summed E-state index contributed by atoms with van der Waals surface area (Å²) in [6, 6.07) is 6.23. The molecule has 33 heavy (non-hydrogen) atoms. The van der Waals surface area contributed by atoms with Crippen molar-refractivity contribution in [2.45, 2.75) is 38.4 Å². The number of nitrogens with one attached hydrogen (secondary N) is 1. The Morgan fingerprint density at radius 2 is 1.91 bits per heavy atom. The van der Waals surface area contributed by atoms with Gasteiger partial charge in [0.1, 0.15) is 23.1 Å². The first-order valence-corrected chi connectivity index (χ1v) is 9.81. The number of ether oxygens (including phenoxy) is 1. The molecule has 0 radical (unpaired) electrons. The Morgan fingerprint density at radius 1 is 1.21 bits per heavy atom. The summed E-state index contributed by atoms with van der Waals surface area (Å²) in [7, 11) is 0. The van der Waals surface area contributed by atoms with Crippen LogP contribution >= 0.6 is 11.5 Å². The number of carbonyl (C=O) groups is 1. The molecule has 3 rings (SSSR count). The lowest BCUT2D eigenvalue weighted by molar-refractivity contribution is -0.274. The van der Waals surface area contributed by atoms with Gasteiger partial charge in [-0.2, -0.15) is 17.5 Å². The quantitative estimate of drug-likeness (QED) is 0.461. The highest BCUT2D eigenvalue weighted by Gasteiger charge is 2.50. The maximum atomic E-state index is 12.8. The van der Waals surface area contributed by atoms with E-state index in [2.05, 4.69) is 19.4 Å². The van der Waals surface area contributed by atoms with Crippen LogP contribution < -0.4 is 10.1 Å². The minimum absolute atomic E-state index is 0.0196. The van der Waals surface area contributed by atoms with Crippen LogP contribution in [0.25, 0.3) is 11.3 Å². The first kappa shape index (κ1) is 24.5. The smallest absolute Gasteiger partial charge is 0.461 e. The fourth-order valence-electron chi connectivity index (χ4n) is 2.65. The number of halogens is 6. The van der Waals surface area contributed by atoms with Crippen molar-refractivity contribution in [2.75, 3.05) is 5.32 Å². The molecule has 0 aliphatic rings.